The lowest BCUT2D eigenvalue weighted by Gasteiger charge is -2.31. The molecule has 0 spiro atoms. The van der Waals surface area contributed by atoms with Crippen LogP contribution in [0.5, 0.6) is 0 Å². The molecule has 4 nitrogen and oxygen atoms in total. The highest BCUT2D eigenvalue weighted by molar-refractivity contribution is 5.98. The Hall–Kier alpha value is -1.68. The highest BCUT2D eigenvalue weighted by atomic mass is 16.5. The number of benzene rings is 1. The van der Waals surface area contributed by atoms with Crippen LogP contribution < -0.4 is 0 Å². The van der Waals surface area contributed by atoms with Crippen LogP contribution in [0.4, 0.5) is 0 Å². The number of aryl methyl sites for hydroxylation is 2. The fraction of sp³-hybridized carbons (Fsp3) is 0.579. The lowest BCUT2D eigenvalue weighted by Crippen LogP contribution is -2.44. The molecule has 1 fully saturated rings. The molecule has 124 valence electrons. The van der Waals surface area contributed by atoms with Gasteiger partial charge >= 0.3 is 0 Å². The third-order valence-electron chi connectivity index (χ3n) is 4.83. The van der Waals surface area contributed by atoms with Gasteiger partial charge in [0, 0.05) is 31.5 Å². The molecule has 0 radical (unpaired) electrons. The molecule has 1 aromatic carbocycles. The van der Waals surface area contributed by atoms with Gasteiger partial charge in [0.2, 0.25) is 5.91 Å². The maximum Gasteiger partial charge on any atom is 0.223 e. The van der Waals surface area contributed by atoms with Crippen molar-refractivity contribution in [2.75, 3.05) is 19.7 Å². The van der Waals surface area contributed by atoms with Gasteiger partial charge in [-0.05, 0) is 49.8 Å². The number of carbonyl (C=O) groups excluding carboxylic acids is 2. The lowest BCUT2D eigenvalue weighted by atomic mass is 9.89. The molecule has 3 rings (SSSR count). The molecule has 1 amide bonds. The molecular formula is C19H25NO3. The van der Waals surface area contributed by atoms with E-state index in [0.29, 0.717) is 32.5 Å². The summed E-state index contributed by atoms with van der Waals surface area (Å²) in [5.74, 6) is 0.138. The van der Waals surface area contributed by atoms with E-state index in [2.05, 4.69) is 6.07 Å². The number of carbonyl (C=O) groups is 2. The van der Waals surface area contributed by atoms with Crippen molar-refractivity contribution in [1.82, 2.24) is 4.90 Å². The van der Waals surface area contributed by atoms with E-state index in [1.165, 1.54) is 24.0 Å². The lowest BCUT2D eigenvalue weighted by molar-refractivity contribution is -0.138. The topological polar surface area (TPSA) is 46.6 Å². The summed E-state index contributed by atoms with van der Waals surface area (Å²) in [4.78, 5) is 26.4. The molecule has 0 N–H and O–H groups in total. The Labute approximate surface area is 137 Å². The number of rotatable bonds is 4. The first kappa shape index (κ1) is 16.2. The van der Waals surface area contributed by atoms with Crippen molar-refractivity contribution in [2.45, 2.75) is 51.6 Å². The minimum Gasteiger partial charge on any atom is -0.375 e. The first-order chi connectivity index (χ1) is 11.1. The van der Waals surface area contributed by atoms with Crippen molar-refractivity contribution in [1.29, 1.82) is 0 Å². The van der Waals surface area contributed by atoms with Gasteiger partial charge in [-0.1, -0.05) is 12.1 Å². The van der Waals surface area contributed by atoms with Gasteiger partial charge in [-0.2, -0.15) is 0 Å². The number of hydrogen-bond acceptors (Lipinski definition) is 3. The van der Waals surface area contributed by atoms with Crippen LogP contribution in [0.1, 0.15) is 54.1 Å². The number of ether oxygens (including phenoxy) is 1. The van der Waals surface area contributed by atoms with E-state index in [4.69, 9.17) is 4.74 Å². The molecule has 1 aromatic rings. The number of amides is 1. The highest BCUT2D eigenvalue weighted by Gasteiger charge is 2.22. The predicted molar refractivity (Wildman–Crippen MR) is 88.6 cm³/mol. The summed E-state index contributed by atoms with van der Waals surface area (Å²) in [5.41, 5.74) is 3.45. The Morgan fingerprint density at radius 3 is 2.74 bits per heavy atom. The number of ketones is 1. The van der Waals surface area contributed by atoms with Crippen molar-refractivity contribution >= 4 is 11.7 Å². The van der Waals surface area contributed by atoms with Crippen LogP contribution in [0, 0.1) is 0 Å². The molecule has 1 atom stereocenters. The van der Waals surface area contributed by atoms with Gasteiger partial charge < -0.3 is 9.64 Å². The number of Topliss-reactive ketones (excluding diaryl/α,β-unsaturated/α-hetero) is 1. The molecule has 1 aliphatic carbocycles. The van der Waals surface area contributed by atoms with E-state index in [1.54, 1.807) is 0 Å². The average molecular weight is 315 g/mol. The summed E-state index contributed by atoms with van der Waals surface area (Å²) in [6.07, 6.45) is 5.32. The molecule has 1 heterocycles. The Kier molecular flexibility index (Phi) is 5.11. The first-order valence-corrected chi connectivity index (χ1v) is 8.68. The zero-order chi connectivity index (χ0) is 16.2. The van der Waals surface area contributed by atoms with Crippen LogP contribution in [-0.4, -0.2) is 42.4 Å². The fourth-order valence-electron chi connectivity index (χ4n) is 3.47. The Morgan fingerprint density at radius 1 is 1.17 bits per heavy atom. The molecule has 4 heteroatoms. The van der Waals surface area contributed by atoms with Crippen LogP contribution in [0.3, 0.4) is 0 Å². The molecule has 1 saturated heterocycles. The monoisotopic (exact) mass is 315 g/mol. The van der Waals surface area contributed by atoms with Gasteiger partial charge in [-0.25, -0.2) is 0 Å². The summed E-state index contributed by atoms with van der Waals surface area (Å²) in [6, 6.07) is 6.05. The summed E-state index contributed by atoms with van der Waals surface area (Å²) >= 11 is 0. The summed E-state index contributed by atoms with van der Waals surface area (Å²) in [6.45, 7) is 3.82. The molecule has 0 aromatic heterocycles. The second-order valence-corrected chi connectivity index (χ2v) is 6.63. The van der Waals surface area contributed by atoms with Crippen molar-refractivity contribution in [3.05, 3.63) is 34.9 Å². The molecule has 23 heavy (non-hydrogen) atoms. The summed E-state index contributed by atoms with van der Waals surface area (Å²) in [7, 11) is 0. The van der Waals surface area contributed by atoms with Crippen molar-refractivity contribution < 1.29 is 14.3 Å². The van der Waals surface area contributed by atoms with Gasteiger partial charge in [-0.3, -0.25) is 9.59 Å². The number of morpholine rings is 1. The smallest absolute Gasteiger partial charge is 0.223 e. The van der Waals surface area contributed by atoms with Gasteiger partial charge in [0.05, 0.1) is 12.7 Å². The van der Waals surface area contributed by atoms with Crippen LogP contribution in [0.15, 0.2) is 18.2 Å². The molecule has 1 aliphatic heterocycles. The summed E-state index contributed by atoms with van der Waals surface area (Å²) < 4.78 is 5.45. The van der Waals surface area contributed by atoms with Crippen LogP contribution in [0.2, 0.25) is 0 Å². The maximum atomic E-state index is 12.4. The van der Waals surface area contributed by atoms with E-state index in [9.17, 15) is 9.59 Å². The van der Waals surface area contributed by atoms with E-state index < -0.39 is 0 Å². The normalized spacial score (nSPS) is 20.9. The average Bonchev–Trinajstić information content (AvgIpc) is 2.59. The second-order valence-electron chi connectivity index (χ2n) is 6.63. The zero-order valence-corrected chi connectivity index (χ0v) is 13.8. The van der Waals surface area contributed by atoms with Gasteiger partial charge in [0.25, 0.3) is 0 Å². The molecule has 0 saturated carbocycles. The first-order valence-electron chi connectivity index (χ1n) is 8.68. The quantitative estimate of drug-likeness (QED) is 0.803. The third-order valence-corrected chi connectivity index (χ3v) is 4.83. The predicted octanol–water partition coefficient (Wildman–Crippen LogP) is 2.78. The van der Waals surface area contributed by atoms with Crippen molar-refractivity contribution in [2.24, 2.45) is 0 Å². The second kappa shape index (κ2) is 7.26. The maximum absolute atomic E-state index is 12.4. The minimum atomic E-state index is 0.0615. The molecule has 1 unspecified atom stereocenters. The largest absolute Gasteiger partial charge is 0.375 e. The van der Waals surface area contributed by atoms with Gasteiger partial charge in [0.1, 0.15) is 0 Å². The summed E-state index contributed by atoms with van der Waals surface area (Å²) in [5, 5.41) is 0. The zero-order valence-electron chi connectivity index (χ0n) is 13.8. The molecule has 2 aliphatic rings. The fourth-order valence-corrected chi connectivity index (χ4v) is 3.47. The van der Waals surface area contributed by atoms with Crippen molar-refractivity contribution in [3.63, 3.8) is 0 Å². The SMILES string of the molecule is CC1CN(C(=O)CCC(=O)c2ccc3c(c2)CCCC3)CCO1. The number of hydrogen-bond donors (Lipinski definition) is 0. The Balaban J connectivity index is 1.55. The number of nitrogens with zero attached hydrogens (tertiary/aromatic N) is 1. The minimum absolute atomic E-state index is 0.0615. The standard InChI is InChI=1S/C19H25NO3/c1-14-13-20(10-11-23-14)19(22)9-8-18(21)17-7-6-15-4-2-3-5-16(15)12-17/h6-7,12,14H,2-5,8-11,13H2,1H3. The highest BCUT2D eigenvalue weighted by Crippen LogP contribution is 2.23. The van der Waals surface area contributed by atoms with E-state index in [1.807, 2.05) is 24.0 Å². The molecular weight excluding hydrogens is 290 g/mol. The third kappa shape index (κ3) is 3.99. The van der Waals surface area contributed by atoms with Gasteiger partial charge in [-0.15, -0.1) is 0 Å². The van der Waals surface area contributed by atoms with E-state index >= 15 is 0 Å². The Morgan fingerprint density at radius 2 is 1.96 bits per heavy atom. The van der Waals surface area contributed by atoms with Crippen LogP contribution in [0.25, 0.3) is 0 Å². The van der Waals surface area contributed by atoms with Crippen LogP contribution in [-0.2, 0) is 22.4 Å². The number of fused-ring (bicyclic) bond motifs is 1. The van der Waals surface area contributed by atoms with Crippen LogP contribution >= 0.6 is 0 Å². The molecule has 0 bridgehead atoms. The van der Waals surface area contributed by atoms with E-state index in [-0.39, 0.29) is 17.8 Å². The van der Waals surface area contributed by atoms with E-state index in [0.717, 1.165) is 18.4 Å². The van der Waals surface area contributed by atoms with Gasteiger partial charge in [0.15, 0.2) is 5.78 Å². The Bertz CT molecular complexity index is 596. The van der Waals surface area contributed by atoms with Crippen molar-refractivity contribution in [3.8, 4) is 0 Å².